The third-order valence-corrected chi connectivity index (χ3v) is 3.82. The number of carbonyl (C=O) groups is 1. The summed E-state index contributed by atoms with van der Waals surface area (Å²) < 4.78 is 0. The topological polar surface area (TPSA) is 62.2 Å². The summed E-state index contributed by atoms with van der Waals surface area (Å²) in [6.45, 7) is -0.0603. The first-order valence-corrected chi connectivity index (χ1v) is 6.56. The van der Waals surface area contributed by atoms with Crippen molar-refractivity contribution in [3.05, 3.63) is 28.0 Å². The normalized spacial score (nSPS) is 17.7. The molecule has 6 heteroatoms. The van der Waals surface area contributed by atoms with Gasteiger partial charge in [0.25, 0.3) is 5.91 Å². The predicted molar refractivity (Wildman–Crippen MR) is 70.0 cm³/mol. The summed E-state index contributed by atoms with van der Waals surface area (Å²) in [4.78, 5) is 15.9. The van der Waals surface area contributed by atoms with Crippen molar-refractivity contribution >= 4 is 29.1 Å². The van der Waals surface area contributed by atoms with Crippen LogP contribution in [0.25, 0.3) is 0 Å². The van der Waals surface area contributed by atoms with Gasteiger partial charge in [-0.1, -0.05) is 36.0 Å². The molecule has 1 aromatic rings. The van der Waals surface area contributed by atoms with Gasteiger partial charge in [0.1, 0.15) is 5.15 Å². The molecule has 0 atom stereocenters. The van der Waals surface area contributed by atoms with Gasteiger partial charge < -0.3 is 10.4 Å². The average molecular weight is 289 g/mol. The van der Waals surface area contributed by atoms with E-state index in [1.165, 1.54) is 12.3 Å². The molecular formula is C12H14Cl2N2O2. The summed E-state index contributed by atoms with van der Waals surface area (Å²) in [7, 11) is 0. The Hall–Kier alpha value is -0.840. The smallest absolute Gasteiger partial charge is 0.253 e. The molecule has 2 N–H and O–H groups in total. The van der Waals surface area contributed by atoms with E-state index in [0.717, 1.165) is 25.7 Å². The summed E-state index contributed by atoms with van der Waals surface area (Å²) in [5.41, 5.74) is -0.229. The van der Waals surface area contributed by atoms with Gasteiger partial charge in [-0.05, 0) is 18.9 Å². The van der Waals surface area contributed by atoms with Crippen LogP contribution in [0, 0.1) is 0 Å². The second kappa shape index (κ2) is 5.43. The van der Waals surface area contributed by atoms with Crippen LogP contribution in [0.5, 0.6) is 0 Å². The van der Waals surface area contributed by atoms with Crippen LogP contribution in [0.15, 0.2) is 12.3 Å². The zero-order valence-electron chi connectivity index (χ0n) is 9.75. The van der Waals surface area contributed by atoms with Crippen molar-refractivity contribution in [3.63, 3.8) is 0 Å². The highest BCUT2D eigenvalue weighted by atomic mass is 35.5. The van der Waals surface area contributed by atoms with Gasteiger partial charge in [-0.15, -0.1) is 0 Å². The minimum absolute atomic E-state index is 0.0603. The molecule has 1 aromatic heterocycles. The molecule has 1 aliphatic carbocycles. The van der Waals surface area contributed by atoms with E-state index in [2.05, 4.69) is 10.3 Å². The number of aliphatic hydroxyl groups is 1. The number of aromatic nitrogens is 1. The van der Waals surface area contributed by atoms with Crippen molar-refractivity contribution < 1.29 is 9.90 Å². The summed E-state index contributed by atoms with van der Waals surface area (Å²) in [5.74, 6) is -0.319. The zero-order valence-corrected chi connectivity index (χ0v) is 11.3. The number of carbonyl (C=O) groups excluding carboxylic acids is 1. The van der Waals surface area contributed by atoms with Gasteiger partial charge in [0.15, 0.2) is 0 Å². The van der Waals surface area contributed by atoms with E-state index in [1.807, 2.05) is 0 Å². The summed E-state index contributed by atoms with van der Waals surface area (Å²) in [6.07, 6.45) is 4.92. The van der Waals surface area contributed by atoms with E-state index in [4.69, 9.17) is 23.2 Å². The fourth-order valence-corrected chi connectivity index (χ4v) is 2.62. The van der Waals surface area contributed by atoms with Gasteiger partial charge in [-0.3, -0.25) is 4.79 Å². The van der Waals surface area contributed by atoms with E-state index in [-0.39, 0.29) is 28.3 Å². The van der Waals surface area contributed by atoms with Crippen LogP contribution < -0.4 is 5.32 Å². The molecular weight excluding hydrogens is 275 g/mol. The molecule has 1 aliphatic rings. The number of aliphatic hydroxyl groups excluding tert-OH is 1. The molecule has 18 heavy (non-hydrogen) atoms. The Labute approximate surface area is 115 Å². The molecule has 2 rings (SSSR count). The maximum atomic E-state index is 12.1. The van der Waals surface area contributed by atoms with Crippen molar-refractivity contribution in [2.24, 2.45) is 0 Å². The Morgan fingerprint density at radius 2 is 2.11 bits per heavy atom. The molecule has 1 fully saturated rings. The SMILES string of the molecule is O=C(NC1(CO)CCCC1)c1cc(Cl)ncc1Cl. The number of nitrogens with one attached hydrogen (secondary N) is 1. The molecule has 1 saturated carbocycles. The molecule has 4 nitrogen and oxygen atoms in total. The van der Waals surface area contributed by atoms with E-state index < -0.39 is 5.54 Å². The van der Waals surface area contributed by atoms with Crippen LogP contribution in [0.2, 0.25) is 10.2 Å². The van der Waals surface area contributed by atoms with Crippen LogP contribution in [-0.4, -0.2) is 28.1 Å². The van der Waals surface area contributed by atoms with Gasteiger partial charge in [-0.25, -0.2) is 4.98 Å². The highest BCUT2D eigenvalue weighted by Gasteiger charge is 2.35. The number of pyridine rings is 1. The third kappa shape index (κ3) is 2.76. The zero-order chi connectivity index (χ0) is 13.2. The summed E-state index contributed by atoms with van der Waals surface area (Å²) in [5, 5.41) is 12.8. The lowest BCUT2D eigenvalue weighted by Crippen LogP contribution is -2.49. The van der Waals surface area contributed by atoms with Crippen LogP contribution in [0.4, 0.5) is 0 Å². The molecule has 98 valence electrons. The van der Waals surface area contributed by atoms with Crippen LogP contribution >= 0.6 is 23.2 Å². The van der Waals surface area contributed by atoms with Crippen molar-refractivity contribution in [2.45, 2.75) is 31.2 Å². The Bertz CT molecular complexity index is 459. The lowest BCUT2D eigenvalue weighted by atomic mass is 9.98. The highest BCUT2D eigenvalue weighted by molar-refractivity contribution is 6.35. The Morgan fingerprint density at radius 3 is 2.72 bits per heavy atom. The van der Waals surface area contributed by atoms with Gasteiger partial charge >= 0.3 is 0 Å². The van der Waals surface area contributed by atoms with Gasteiger partial charge in [0.05, 0.1) is 22.7 Å². The fraction of sp³-hybridized carbons (Fsp3) is 0.500. The Balaban J connectivity index is 2.18. The molecule has 0 saturated heterocycles. The van der Waals surface area contributed by atoms with Crippen molar-refractivity contribution in [1.82, 2.24) is 10.3 Å². The number of halogens is 2. The molecule has 0 radical (unpaired) electrons. The molecule has 0 aromatic carbocycles. The predicted octanol–water partition coefficient (Wildman–Crippen LogP) is 2.42. The lowest BCUT2D eigenvalue weighted by molar-refractivity contribution is 0.0838. The van der Waals surface area contributed by atoms with E-state index in [0.29, 0.717) is 0 Å². The van der Waals surface area contributed by atoms with Gasteiger partial charge in [0.2, 0.25) is 0 Å². The molecule has 1 heterocycles. The van der Waals surface area contributed by atoms with E-state index >= 15 is 0 Å². The molecule has 0 spiro atoms. The second-order valence-electron chi connectivity index (χ2n) is 4.59. The summed E-state index contributed by atoms with van der Waals surface area (Å²) in [6, 6.07) is 1.43. The number of hydrogen-bond acceptors (Lipinski definition) is 3. The molecule has 0 bridgehead atoms. The Kier molecular flexibility index (Phi) is 4.10. The average Bonchev–Trinajstić information content (AvgIpc) is 2.81. The third-order valence-electron chi connectivity index (χ3n) is 3.31. The highest BCUT2D eigenvalue weighted by Crippen LogP contribution is 2.30. The van der Waals surface area contributed by atoms with Crippen molar-refractivity contribution in [2.75, 3.05) is 6.61 Å². The van der Waals surface area contributed by atoms with Gasteiger partial charge in [-0.2, -0.15) is 0 Å². The van der Waals surface area contributed by atoms with Crippen molar-refractivity contribution in [3.8, 4) is 0 Å². The largest absolute Gasteiger partial charge is 0.394 e. The van der Waals surface area contributed by atoms with Gasteiger partial charge in [0, 0.05) is 6.20 Å². The van der Waals surface area contributed by atoms with Crippen LogP contribution in [0.3, 0.4) is 0 Å². The fourth-order valence-electron chi connectivity index (χ4n) is 2.27. The van der Waals surface area contributed by atoms with Crippen LogP contribution in [-0.2, 0) is 0 Å². The first kappa shape index (κ1) is 13.6. The van der Waals surface area contributed by atoms with Crippen molar-refractivity contribution in [1.29, 1.82) is 0 Å². The number of amides is 1. The lowest BCUT2D eigenvalue weighted by Gasteiger charge is -2.28. The molecule has 0 aliphatic heterocycles. The summed E-state index contributed by atoms with van der Waals surface area (Å²) >= 11 is 11.7. The number of nitrogens with zero attached hydrogens (tertiary/aromatic N) is 1. The maximum absolute atomic E-state index is 12.1. The minimum atomic E-state index is -0.518. The number of rotatable bonds is 3. The standard InChI is InChI=1S/C12H14Cl2N2O2/c13-9-6-15-10(14)5-8(9)11(18)16-12(7-17)3-1-2-4-12/h5-6,17H,1-4,7H2,(H,16,18). The first-order chi connectivity index (χ1) is 8.56. The second-order valence-corrected chi connectivity index (χ2v) is 5.38. The first-order valence-electron chi connectivity index (χ1n) is 5.81. The molecule has 0 unspecified atom stereocenters. The Morgan fingerprint density at radius 1 is 1.44 bits per heavy atom. The van der Waals surface area contributed by atoms with E-state index in [9.17, 15) is 9.90 Å². The van der Waals surface area contributed by atoms with E-state index in [1.54, 1.807) is 0 Å². The monoisotopic (exact) mass is 288 g/mol. The van der Waals surface area contributed by atoms with Crippen LogP contribution in [0.1, 0.15) is 36.0 Å². The molecule has 1 amide bonds. The minimum Gasteiger partial charge on any atom is -0.394 e. The quantitative estimate of drug-likeness (QED) is 0.840. The maximum Gasteiger partial charge on any atom is 0.253 e. The number of hydrogen-bond donors (Lipinski definition) is 2.